The molecule has 0 spiro atoms. The van der Waals surface area contributed by atoms with Gasteiger partial charge in [-0.1, -0.05) is 19.1 Å². The average molecular weight is 492 g/mol. The number of benzene rings is 2. The van der Waals surface area contributed by atoms with E-state index in [-0.39, 0.29) is 17.1 Å². The number of nitrogens with one attached hydrogen (secondary N) is 1. The number of methoxy groups -OCH3 is 1. The van der Waals surface area contributed by atoms with Crippen LogP contribution in [0, 0.1) is 3.57 Å². The Kier molecular flexibility index (Phi) is 5.68. The van der Waals surface area contributed by atoms with Crippen LogP contribution >= 0.6 is 22.6 Å². The number of phenols is 1. The molecule has 28 heavy (non-hydrogen) atoms. The highest BCUT2D eigenvalue weighted by molar-refractivity contribution is 14.1. The van der Waals surface area contributed by atoms with Gasteiger partial charge in [0.15, 0.2) is 11.5 Å². The molecule has 0 radical (unpaired) electrons. The quantitative estimate of drug-likeness (QED) is 0.388. The van der Waals surface area contributed by atoms with Crippen molar-refractivity contribution in [1.82, 2.24) is 5.32 Å². The van der Waals surface area contributed by atoms with Gasteiger partial charge in [-0.3, -0.25) is 14.9 Å². The molecule has 0 bridgehead atoms. The first-order valence-corrected chi connectivity index (χ1v) is 9.50. The van der Waals surface area contributed by atoms with E-state index in [1.165, 1.54) is 19.3 Å². The number of urea groups is 1. The fraction of sp³-hybridized carbons (Fsp3) is 0.150. The van der Waals surface area contributed by atoms with Crippen LogP contribution in [0.25, 0.3) is 6.08 Å². The Hall–Kier alpha value is -2.88. The summed E-state index contributed by atoms with van der Waals surface area (Å²) in [5.74, 6) is -1.32. The second kappa shape index (κ2) is 8.01. The number of hydrogen-bond donors (Lipinski definition) is 2. The largest absolute Gasteiger partial charge is 0.504 e. The Morgan fingerprint density at radius 1 is 1.18 bits per heavy atom. The second-order valence-corrected chi connectivity index (χ2v) is 7.19. The monoisotopic (exact) mass is 492 g/mol. The zero-order valence-corrected chi connectivity index (χ0v) is 17.3. The average Bonchev–Trinajstić information content (AvgIpc) is 2.68. The molecule has 0 atom stereocenters. The fourth-order valence-corrected chi connectivity index (χ4v) is 3.40. The van der Waals surface area contributed by atoms with Crippen LogP contribution in [0.1, 0.15) is 18.1 Å². The predicted molar refractivity (Wildman–Crippen MR) is 112 cm³/mol. The third-order valence-electron chi connectivity index (χ3n) is 4.29. The number of rotatable bonds is 4. The van der Waals surface area contributed by atoms with Crippen LogP contribution in [0.3, 0.4) is 0 Å². The minimum Gasteiger partial charge on any atom is -0.504 e. The SMILES string of the molecule is CCc1ccc(N2C(=O)NC(=O)/C(=C/c3cc(I)c(O)c(OC)c3)C2=O)cc1. The molecule has 3 rings (SSSR count). The molecule has 1 aliphatic heterocycles. The van der Waals surface area contributed by atoms with Crippen molar-refractivity contribution < 1.29 is 24.2 Å². The number of aromatic hydroxyl groups is 1. The highest BCUT2D eigenvalue weighted by Gasteiger charge is 2.36. The van der Waals surface area contributed by atoms with Crippen LogP contribution in [0.5, 0.6) is 11.5 Å². The zero-order valence-electron chi connectivity index (χ0n) is 15.2. The predicted octanol–water partition coefficient (Wildman–Crippen LogP) is 3.23. The van der Waals surface area contributed by atoms with E-state index in [0.29, 0.717) is 14.8 Å². The highest BCUT2D eigenvalue weighted by atomic mass is 127. The van der Waals surface area contributed by atoms with E-state index < -0.39 is 17.8 Å². The maximum Gasteiger partial charge on any atom is 0.335 e. The number of amides is 4. The van der Waals surface area contributed by atoms with Crippen LogP contribution in [-0.2, 0) is 16.0 Å². The van der Waals surface area contributed by atoms with Gasteiger partial charge in [-0.15, -0.1) is 0 Å². The van der Waals surface area contributed by atoms with Crippen molar-refractivity contribution in [2.45, 2.75) is 13.3 Å². The lowest BCUT2D eigenvalue weighted by molar-refractivity contribution is -0.122. The normalized spacial score (nSPS) is 15.8. The minimum atomic E-state index is -0.797. The van der Waals surface area contributed by atoms with Gasteiger partial charge < -0.3 is 9.84 Å². The Morgan fingerprint density at radius 3 is 2.46 bits per heavy atom. The van der Waals surface area contributed by atoms with E-state index >= 15 is 0 Å². The Bertz CT molecular complexity index is 998. The molecule has 4 amide bonds. The summed E-state index contributed by atoms with van der Waals surface area (Å²) in [7, 11) is 1.40. The van der Waals surface area contributed by atoms with Gasteiger partial charge in [-0.05, 0) is 70.5 Å². The van der Waals surface area contributed by atoms with E-state index in [4.69, 9.17) is 4.74 Å². The summed E-state index contributed by atoms with van der Waals surface area (Å²) in [6, 6.07) is 9.28. The summed E-state index contributed by atoms with van der Waals surface area (Å²) < 4.78 is 5.60. The lowest BCUT2D eigenvalue weighted by Gasteiger charge is -2.26. The van der Waals surface area contributed by atoms with Crippen LogP contribution in [0.2, 0.25) is 0 Å². The van der Waals surface area contributed by atoms with Crippen molar-refractivity contribution in [2.75, 3.05) is 12.0 Å². The molecule has 0 saturated carbocycles. The third kappa shape index (κ3) is 3.72. The molecule has 144 valence electrons. The Labute approximate surface area is 175 Å². The first-order chi connectivity index (χ1) is 13.3. The molecule has 2 N–H and O–H groups in total. The second-order valence-electron chi connectivity index (χ2n) is 6.03. The number of phenolic OH excluding ortho intramolecular Hbond substituents is 1. The number of hydrogen-bond acceptors (Lipinski definition) is 5. The number of aryl methyl sites for hydroxylation is 1. The lowest BCUT2D eigenvalue weighted by atomic mass is 10.1. The molecule has 2 aromatic carbocycles. The van der Waals surface area contributed by atoms with Crippen LogP contribution in [0.4, 0.5) is 10.5 Å². The first kappa shape index (κ1) is 19.9. The maximum atomic E-state index is 12.9. The molecule has 1 heterocycles. The molecular weight excluding hydrogens is 475 g/mol. The number of halogens is 1. The third-order valence-corrected chi connectivity index (χ3v) is 5.11. The van der Waals surface area contributed by atoms with E-state index in [9.17, 15) is 19.5 Å². The van der Waals surface area contributed by atoms with Gasteiger partial charge in [0.05, 0.1) is 16.4 Å². The van der Waals surface area contributed by atoms with Crippen molar-refractivity contribution in [1.29, 1.82) is 0 Å². The summed E-state index contributed by atoms with van der Waals surface area (Å²) in [6.07, 6.45) is 2.19. The zero-order chi connectivity index (χ0) is 20.4. The van der Waals surface area contributed by atoms with Gasteiger partial charge >= 0.3 is 6.03 Å². The fourth-order valence-electron chi connectivity index (χ4n) is 2.77. The first-order valence-electron chi connectivity index (χ1n) is 8.42. The molecule has 1 aliphatic rings. The summed E-state index contributed by atoms with van der Waals surface area (Å²) in [6.45, 7) is 2.00. The van der Waals surface area contributed by atoms with Gasteiger partial charge in [-0.2, -0.15) is 0 Å². The number of ether oxygens (including phenoxy) is 1. The van der Waals surface area contributed by atoms with Crippen molar-refractivity contribution in [3.8, 4) is 11.5 Å². The standard InChI is InChI=1S/C20H17IN2O5/c1-3-11-4-6-13(7-5-11)23-19(26)14(18(25)22-20(23)27)8-12-9-15(21)17(24)16(10-12)28-2/h4-10,24H,3H2,1-2H3,(H,22,25,27)/b14-8-. The highest BCUT2D eigenvalue weighted by Crippen LogP contribution is 2.33. The van der Waals surface area contributed by atoms with E-state index in [2.05, 4.69) is 5.32 Å². The van der Waals surface area contributed by atoms with Gasteiger partial charge in [0.1, 0.15) is 5.57 Å². The summed E-state index contributed by atoms with van der Waals surface area (Å²) >= 11 is 1.92. The molecule has 0 aromatic heterocycles. The number of anilines is 1. The minimum absolute atomic E-state index is 0.0301. The summed E-state index contributed by atoms with van der Waals surface area (Å²) in [5.41, 5.74) is 1.72. The van der Waals surface area contributed by atoms with E-state index in [1.54, 1.807) is 18.2 Å². The Morgan fingerprint density at radius 2 is 1.86 bits per heavy atom. The molecule has 7 nitrogen and oxygen atoms in total. The number of barbiturate groups is 1. The van der Waals surface area contributed by atoms with E-state index in [0.717, 1.165) is 16.9 Å². The molecule has 8 heteroatoms. The van der Waals surface area contributed by atoms with Crippen molar-refractivity contribution in [2.24, 2.45) is 0 Å². The van der Waals surface area contributed by atoms with E-state index in [1.807, 2.05) is 41.6 Å². The van der Waals surface area contributed by atoms with Crippen LogP contribution < -0.4 is 15.0 Å². The number of carbonyl (C=O) groups is 3. The smallest absolute Gasteiger partial charge is 0.335 e. The summed E-state index contributed by atoms with van der Waals surface area (Å²) in [4.78, 5) is 38.4. The molecular formula is C20H17IN2O5. The molecule has 1 saturated heterocycles. The molecule has 0 aliphatic carbocycles. The van der Waals surface area contributed by atoms with Crippen LogP contribution in [-0.4, -0.2) is 30.1 Å². The molecule has 2 aromatic rings. The van der Waals surface area contributed by atoms with Crippen molar-refractivity contribution in [3.05, 3.63) is 56.7 Å². The van der Waals surface area contributed by atoms with Crippen molar-refractivity contribution >= 4 is 52.2 Å². The van der Waals surface area contributed by atoms with Crippen LogP contribution in [0.15, 0.2) is 42.0 Å². The van der Waals surface area contributed by atoms with Crippen molar-refractivity contribution in [3.63, 3.8) is 0 Å². The number of imide groups is 2. The topological polar surface area (TPSA) is 95.9 Å². The summed E-state index contributed by atoms with van der Waals surface area (Å²) in [5, 5.41) is 12.1. The van der Waals surface area contributed by atoms with Gasteiger partial charge in [0, 0.05) is 0 Å². The number of nitrogens with zero attached hydrogens (tertiary/aromatic N) is 1. The maximum absolute atomic E-state index is 12.9. The molecule has 0 unspecified atom stereocenters. The van der Waals surface area contributed by atoms with Gasteiger partial charge in [0.2, 0.25) is 0 Å². The number of carbonyl (C=O) groups excluding carboxylic acids is 3. The lowest BCUT2D eigenvalue weighted by Crippen LogP contribution is -2.54. The van der Waals surface area contributed by atoms with Gasteiger partial charge in [0.25, 0.3) is 11.8 Å². The molecule has 1 fully saturated rings. The van der Waals surface area contributed by atoms with Gasteiger partial charge in [-0.25, -0.2) is 9.69 Å². The Balaban J connectivity index is 2.02.